The van der Waals surface area contributed by atoms with Crippen molar-refractivity contribution < 1.29 is 13.2 Å². The predicted octanol–water partition coefficient (Wildman–Crippen LogP) is 1.10. The van der Waals surface area contributed by atoms with Crippen LogP contribution in [0.3, 0.4) is 0 Å². The number of benzene rings is 1. The molecule has 0 unspecified atom stereocenters. The average Bonchev–Trinajstić information content (AvgIpc) is 2.34. The van der Waals surface area contributed by atoms with Gasteiger partial charge in [-0.15, -0.1) is 0 Å². The molecule has 4 N–H and O–H groups in total. The van der Waals surface area contributed by atoms with E-state index in [4.69, 9.17) is 11.5 Å². The lowest BCUT2D eigenvalue weighted by molar-refractivity contribution is 0.100. The number of aryl methyl sites for hydroxylation is 1. The molecule has 0 bridgehead atoms. The van der Waals surface area contributed by atoms with Crippen LogP contribution >= 0.6 is 0 Å². The molecule has 0 aliphatic rings. The second-order valence-corrected chi connectivity index (χ2v) is 6.74. The average molecular weight is 309 g/mol. The van der Waals surface area contributed by atoms with Crippen molar-refractivity contribution in [3.05, 3.63) is 35.4 Å². The van der Waals surface area contributed by atoms with Gasteiger partial charge in [0.1, 0.15) is 0 Å². The summed E-state index contributed by atoms with van der Waals surface area (Å²) in [6.07, 6.45) is 1.61. The maximum absolute atomic E-state index is 12.0. The van der Waals surface area contributed by atoms with E-state index >= 15 is 0 Å². The Morgan fingerprint density at radius 3 is 2.24 bits per heavy atom. The SMILES string of the molecule is C=C(C)c1cc(CC)c(C(=O)N=C(N)N)cc1S(C)(=O)=O. The summed E-state index contributed by atoms with van der Waals surface area (Å²) in [5.74, 6) is -1.03. The number of hydrogen-bond acceptors (Lipinski definition) is 3. The largest absolute Gasteiger partial charge is 0.370 e. The van der Waals surface area contributed by atoms with E-state index in [0.717, 1.165) is 6.26 Å². The minimum atomic E-state index is -3.51. The van der Waals surface area contributed by atoms with Gasteiger partial charge in [-0.25, -0.2) is 8.42 Å². The van der Waals surface area contributed by atoms with Gasteiger partial charge in [0.25, 0.3) is 5.91 Å². The molecule has 0 aliphatic carbocycles. The number of allylic oxidation sites excluding steroid dienone is 1. The van der Waals surface area contributed by atoms with Crippen LogP contribution in [0.2, 0.25) is 0 Å². The first kappa shape index (κ1) is 16.9. The summed E-state index contributed by atoms with van der Waals surface area (Å²) in [6, 6.07) is 2.96. The van der Waals surface area contributed by atoms with Crippen LogP contribution < -0.4 is 11.5 Å². The number of hydrogen-bond donors (Lipinski definition) is 2. The third-order valence-electron chi connectivity index (χ3n) is 2.91. The lowest BCUT2D eigenvalue weighted by atomic mass is 9.98. The second-order valence-electron chi connectivity index (χ2n) is 4.75. The number of rotatable bonds is 4. The third-order valence-corrected chi connectivity index (χ3v) is 4.04. The normalized spacial score (nSPS) is 11.0. The first-order valence-electron chi connectivity index (χ1n) is 6.24. The maximum atomic E-state index is 12.0. The fourth-order valence-corrected chi connectivity index (χ4v) is 2.90. The summed E-state index contributed by atoms with van der Waals surface area (Å²) in [5, 5.41) is 0. The highest BCUT2D eigenvalue weighted by Crippen LogP contribution is 2.27. The molecular weight excluding hydrogens is 290 g/mol. The fraction of sp³-hybridized carbons (Fsp3) is 0.286. The summed E-state index contributed by atoms with van der Waals surface area (Å²) >= 11 is 0. The van der Waals surface area contributed by atoms with Crippen LogP contribution in [-0.2, 0) is 16.3 Å². The van der Waals surface area contributed by atoms with Crippen molar-refractivity contribution in [1.82, 2.24) is 0 Å². The Kier molecular flexibility index (Phi) is 4.90. The Morgan fingerprint density at radius 1 is 1.29 bits per heavy atom. The minimum absolute atomic E-state index is 0.0429. The quantitative estimate of drug-likeness (QED) is 0.638. The number of sulfone groups is 1. The maximum Gasteiger partial charge on any atom is 0.280 e. The number of amides is 1. The lowest BCUT2D eigenvalue weighted by Gasteiger charge is -2.13. The molecule has 0 aromatic heterocycles. The highest BCUT2D eigenvalue weighted by atomic mass is 32.2. The van der Waals surface area contributed by atoms with Gasteiger partial charge in [0, 0.05) is 11.8 Å². The van der Waals surface area contributed by atoms with E-state index in [-0.39, 0.29) is 16.4 Å². The van der Waals surface area contributed by atoms with Crippen molar-refractivity contribution in [1.29, 1.82) is 0 Å². The summed E-state index contributed by atoms with van der Waals surface area (Å²) in [5.41, 5.74) is 12.3. The molecule has 7 heteroatoms. The van der Waals surface area contributed by atoms with Crippen LogP contribution in [0.1, 0.15) is 35.3 Å². The third kappa shape index (κ3) is 3.91. The van der Waals surface area contributed by atoms with Gasteiger partial charge in [-0.2, -0.15) is 4.99 Å². The zero-order valence-electron chi connectivity index (χ0n) is 12.3. The van der Waals surface area contributed by atoms with Crippen molar-refractivity contribution >= 4 is 27.3 Å². The molecule has 1 aromatic carbocycles. The molecule has 0 saturated carbocycles. The molecule has 0 saturated heterocycles. The Morgan fingerprint density at radius 2 is 1.86 bits per heavy atom. The van der Waals surface area contributed by atoms with Crippen molar-refractivity contribution in [2.45, 2.75) is 25.2 Å². The van der Waals surface area contributed by atoms with E-state index in [0.29, 0.717) is 23.1 Å². The summed E-state index contributed by atoms with van der Waals surface area (Å²) in [4.78, 5) is 15.5. The fourth-order valence-electron chi connectivity index (χ4n) is 1.93. The molecule has 0 aliphatic heterocycles. The number of carbonyl (C=O) groups is 1. The van der Waals surface area contributed by atoms with E-state index in [1.807, 2.05) is 6.92 Å². The Hall–Kier alpha value is -2.15. The molecule has 114 valence electrons. The Bertz CT molecular complexity index is 730. The van der Waals surface area contributed by atoms with Gasteiger partial charge >= 0.3 is 0 Å². The van der Waals surface area contributed by atoms with E-state index in [1.165, 1.54) is 6.07 Å². The first-order chi connectivity index (χ1) is 9.57. The number of carbonyl (C=O) groups excluding carboxylic acids is 1. The molecule has 0 heterocycles. The van der Waals surface area contributed by atoms with Gasteiger partial charge in [-0.1, -0.05) is 13.5 Å². The molecule has 1 aromatic rings. The van der Waals surface area contributed by atoms with Crippen molar-refractivity contribution in [3.8, 4) is 0 Å². The predicted molar refractivity (Wildman–Crippen MR) is 83.8 cm³/mol. The molecule has 0 spiro atoms. The topological polar surface area (TPSA) is 116 Å². The highest BCUT2D eigenvalue weighted by molar-refractivity contribution is 7.90. The molecule has 1 amide bonds. The van der Waals surface area contributed by atoms with Gasteiger partial charge < -0.3 is 11.5 Å². The summed E-state index contributed by atoms with van der Waals surface area (Å²) < 4.78 is 23.8. The lowest BCUT2D eigenvalue weighted by Crippen LogP contribution is -2.24. The van der Waals surface area contributed by atoms with E-state index in [2.05, 4.69) is 11.6 Å². The minimum Gasteiger partial charge on any atom is -0.370 e. The molecule has 1 rings (SSSR count). The zero-order valence-corrected chi connectivity index (χ0v) is 13.1. The van der Waals surface area contributed by atoms with E-state index < -0.39 is 15.7 Å². The Labute approximate surface area is 124 Å². The number of nitrogens with zero attached hydrogens (tertiary/aromatic N) is 1. The summed E-state index contributed by atoms with van der Waals surface area (Å²) in [6.45, 7) is 7.34. The second kappa shape index (κ2) is 6.09. The van der Waals surface area contributed by atoms with Crippen molar-refractivity contribution in [2.75, 3.05) is 6.26 Å². The highest BCUT2D eigenvalue weighted by Gasteiger charge is 2.20. The standard InChI is InChI=1S/C14H19N3O3S/c1-5-9-6-10(8(2)3)12(21(4,19)20)7-11(9)13(18)17-14(15)16/h6-7H,2,5H2,1,3-4H3,(H4,15,16,17,18). The van der Waals surface area contributed by atoms with Crippen LogP contribution in [0.4, 0.5) is 0 Å². The van der Waals surface area contributed by atoms with E-state index in [1.54, 1.807) is 13.0 Å². The number of aliphatic imine (C=N–C) groups is 1. The molecular formula is C14H19N3O3S. The monoisotopic (exact) mass is 309 g/mol. The number of nitrogens with two attached hydrogens (primary N) is 2. The number of guanidine groups is 1. The molecule has 6 nitrogen and oxygen atoms in total. The molecule has 0 atom stereocenters. The van der Waals surface area contributed by atoms with Gasteiger partial charge in [0.15, 0.2) is 15.8 Å². The van der Waals surface area contributed by atoms with Crippen molar-refractivity contribution in [3.63, 3.8) is 0 Å². The van der Waals surface area contributed by atoms with Crippen molar-refractivity contribution in [2.24, 2.45) is 16.5 Å². The molecule has 0 fully saturated rings. The Balaban J connectivity index is 3.71. The van der Waals surface area contributed by atoms with Gasteiger partial charge in [-0.3, -0.25) is 4.79 Å². The summed E-state index contributed by atoms with van der Waals surface area (Å²) in [7, 11) is -3.51. The smallest absolute Gasteiger partial charge is 0.280 e. The van der Waals surface area contributed by atoms with Crippen LogP contribution in [0.5, 0.6) is 0 Å². The molecule has 0 radical (unpaired) electrons. The van der Waals surface area contributed by atoms with Crippen LogP contribution in [-0.4, -0.2) is 26.5 Å². The van der Waals surface area contributed by atoms with Gasteiger partial charge in [0.2, 0.25) is 0 Å². The van der Waals surface area contributed by atoms with Crippen LogP contribution in [0.25, 0.3) is 5.57 Å². The van der Waals surface area contributed by atoms with Crippen LogP contribution in [0.15, 0.2) is 28.6 Å². The van der Waals surface area contributed by atoms with Gasteiger partial charge in [0.05, 0.1) is 4.90 Å². The van der Waals surface area contributed by atoms with Gasteiger partial charge in [-0.05, 0) is 42.2 Å². The first-order valence-corrected chi connectivity index (χ1v) is 8.13. The molecule has 21 heavy (non-hydrogen) atoms. The van der Waals surface area contributed by atoms with E-state index in [9.17, 15) is 13.2 Å². The zero-order chi connectivity index (χ0) is 16.4. The van der Waals surface area contributed by atoms with Crippen LogP contribution in [0, 0.1) is 0 Å².